The van der Waals surface area contributed by atoms with E-state index in [0.717, 1.165) is 25.9 Å². The molecule has 3 nitrogen and oxygen atoms in total. The van der Waals surface area contributed by atoms with E-state index in [1.54, 1.807) is 12.1 Å². The van der Waals surface area contributed by atoms with Crippen molar-refractivity contribution in [3.05, 3.63) is 24.1 Å². The number of aromatic nitrogens is 1. The zero-order valence-corrected chi connectivity index (χ0v) is 8.58. The minimum atomic E-state index is -0.492. The fraction of sp³-hybridized carbons (Fsp3) is 0.545. The van der Waals surface area contributed by atoms with Crippen molar-refractivity contribution in [3.63, 3.8) is 0 Å². The molecule has 2 rings (SSSR count). The number of nitrogens with zero attached hydrogens (tertiary/aromatic N) is 1. The van der Waals surface area contributed by atoms with E-state index in [1.165, 1.54) is 12.5 Å². The average Bonchev–Trinajstić information content (AvgIpc) is 2.46. The van der Waals surface area contributed by atoms with E-state index >= 15 is 0 Å². The van der Waals surface area contributed by atoms with Crippen LogP contribution in [0.1, 0.15) is 19.3 Å². The third-order valence-corrected chi connectivity index (χ3v) is 2.48. The van der Waals surface area contributed by atoms with Crippen LogP contribution in [0.3, 0.4) is 0 Å². The Morgan fingerprint density at radius 3 is 3.20 bits per heavy atom. The topological polar surface area (TPSA) is 34.1 Å². The summed E-state index contributed by atoms with van der Waals surface area (Å²) in [4.78, 5) is 3.68. The summed E-state index contributed by atoms with van der Waals surface area (Å²) in [7, 11) is 0. The van der Waals surface area contributed by atoms with Crippen LogP contribution in [-0.4, -0.2) is 24.2 Å². The Balaban J connectivity index is 1.95. The second-order valence-electron chi connectivity index (χ2n) is 3.74. The van der Waals surface area contributed by atoms with E-state index in [2.05, 4.69) is 10.3 Å². The molecule has 1 atom stereocenters. The first-order valence-electron chi connectivity index (χ1n) is 5.34. The highest BCUT2D eigenvalue weighted by molar-refractivity contribution is 5.10. The second kappa shape index (κ2) is 5.07. The predicted octanol–water partition coefficient (Wildman–Crippen LogP) is 1.74. The number of hydrogen-bond acceptors (Lipinski definition) is 3. The third kappa shape index (κ3) is 3.16. The normalized spacial score (nSPS) is 22.1. The largest absolute Gasteiger partial charge is 0.473 e. The molecule has 1 aromatic heterocycles. The highest BCUT2D eigenvalue weighted by Crippen LogP contribution is 2.13. The maximum absolute atomic E-state index is 12.8. The van der Waals surface area contributed by atoms with Gasteiger partial charge in [0, 0.05) is 12.6 Å². The van der Waals surface area contributed by atoms with Gasteiger partial charge >= 0.3 is 0 Å². The first-order chi connectivity index (χ1) is 7.34. The van der Waals surface area contributed by atoms with Crippen molar-refractivity contribution in [2.45, 2.75) is 25.4 Å². The van der Waals surface area contributed by atoms with Gasteiger partial charge in [-0.2, -0.15) is 9.37 Å². The second-order valence-corrected chi connectivity index (χ2v) is 3.74. The van der Waals surface area contributed by atoms with Gasteiger partial charge < -0.3 is 10.1 Å². The molecule has 82 valence electrons. The van der Waals surface area contributed by atoms with Gasteiger partial charge in [-0.3, -0.25) is 0 Å². The van der Waals surface area contributed by atoms with Crippen molar-refractivity contribution in [2.75, 3.05) is 13.1 Å². The van der Waals surface area contributed by atoms with Gasteiger partial charge in [0.2, 0.25) is 11.8 Å². The Morgan fingerprint density at radius 2 is 2.33 bits per heavy atom. The SMILES string of the molecule is Fc1cccc(OC2CCCCNC2)n1. The molecule has 1 N–H and O–H groups in total. The van der Waals surface area contributed by atoms with Crippen LogP contribution in [0.15, 0.2) is 18.2 Å². The molecular formula is C11H15FN2O. The Hall–Kier alpha value is -1.16. The molecule has 0 radical (unpaired) electrons. The van der Waals surface area contributed by atoms with E-state index in [-0.39, 0.29) is 6.10 Å². The minimum absolute atomic E-state index is 0.113. The monoisotopic (exact) mass is 210 g/mol. The summed E-state index contributed by atoms with van der Waals surface area (Å²) < 4.78 is 18.4. The van der Waals surface area contributed by atoms with Gasteiger partial charge in [-0.05, 0) is 31.9 Å². The molecule has 1 unspecified atom stereocenters. The number of hydrogen-bond donors (Lipinski definition) is 1. The first kappa shape index (κ1) is 10.4. The fourth-order valence-corrected chi connectivity index (χ4v) is 1.71. The minimum Gasteiger partial charge on any atom is -0.473 e. The van der Waals surface area contributed by atoms with Crippen molar-refractivity contribution in [1.29, 1.82) is 0 Å². The van der Waals surface area contributed by atoms with Gasteiger partial charge in [0.15, 0.2) is 0 Å². The smallest absolute Gasteiger partial charge is 0.216 e. The molecule has 0 bridgehead atoms. The van der Waals surface area contributed by atoms with Gasteiger partial charge in [0.25, 0.3) is 0 Å². The highest BCUT2D eigenvalue weighted by Gasteiger charge is 2.13. The van der Waals surface area contributed by atoms with Crippen LogP contribution in [0.4, 0.5) is 4.39 Å². The van der Waals surface area contributed by atoms with Crippen LogP contribution < -0.4 is 10.1 Å². The summed E-state index contributed by atoms with van der Waals surface area (Å²) in [6, 6.07) is 4.62. The van der Waals surface area contributed by atoms with Crippen molar-refractivity contribution in [1.82, 2.24) is 10.3 Å². The van der Waals surface area contributed by atoms with Gasteiger partial charge in [-0.15, -0.1) is 0 Å². The third-order valence-electron chi connectivity index (χ3n) is 2.48. The predicted molar refractivity (Wildman–Crippen MR) is 55.3 cm³/mol. The Labute approximate surface area is 88.7 Å². The van der Waals surface area contributed by atoms with Crippen LogP contribution in [-0.2, 0) is 0 Å². The van der Waals surface area contributed by atoms with Crippen LogP contribution in [0.25, 0.3) is 0 Å². The van der Waals surface area contributed by atoms with E-state index in [9.17, 15) is 4.39 Å². The number of rotatable bonds is 2. The number of pyridine rings is 1. The van der Waals surface area contributed by atoms with Crippen molar-refractivity contribution >= 4 is 0 Å². The molecule has 2 heterocycles. The lowest BCUT2D eigenvalue weighted by molar-refractivity contribution is 0.184. The Bertz CT molecular complexity index is 311. The van der Waals surface area contributed by atoms with Crippen molar-refractivity contribution in [2.24, 2.45) is 0 Å². The maximum atomic E-state index is 12.8. The molecule has 1 aromatic rings. The molecule has 0 spiro atoms. The van der Waals surface area contributed by atoms with Crippen LogP contribution in [0.2, 0.25) is 0 Å². The van der Waals surface area contributed by atoms with Crippen LogP contribution >= 0.6 is 0 Å². The standard InChI is InChI=1S/C11H15FN2O/c12-10-5-3-6-11(14-10)15-9-4-1-2-7-13-8-9/h3,5-6,9,13H,1-2,4,7-8H2. The molecule has 0 aliphatic carbocycles. The number of ether oxygens (including phenoxy) is 1. The van der Waals surface area contributed by atoms with Crippen molar-refractivity contribution < 1.29 is 9.13 Å². The van der Waals surface area contributed by atoms with Gasteiger partial charge in [-0.1, -0.05) is 6.07 Å². The lowest BCUT2D eigenvalue weighted by atomic mass is 10.2. The molecule has 0 amide bonds. The van der Waals surface area contributed by atoms with Gasteiger partial charge in [0.1, 0.15) is 6.10 Å². The number of nitrogens with one attached hydrogen (secondary N) is 1. The first-order valence-corrected chi connectivity index (χ1v) is 5.34. The highest BCUT2D eigenvalue weighted by atomic mass is 19.1. The zero-order chi connectivity index (χ0) is 10.5. The molecular weight excluding hydrogens is 195 g/mol. The molecule has 15 heavy (non-hydrogen) atoms. The maximum Gasteiger partial charge on any atom is 0.216 e. The van der Waals surface area contributed by atoms with E-state index in [0.29, 0.717) is 5.88 Å². The van der Waals surface area contributed by atoms with Gasteiger partial charge in [-0.25, -0.2) is 0 Å². The Morgan fingerprint density at radius 1 is 1.40 bits per heavy atom. The molecule has 4 heteroatoms. The lowest BCUT2D eigenvalue weighted by Crippen LogP contribution is -2.29. The quantitative estimate of drug-likeness (QED) is 0.755. The molecule has 1 aliphatic rings. The van der Waals surface area contributed by atoms with Gasteiger partial charge in [0.05, 0.1) is 0 Å². The summed E-state index contributed by atoms with van der Waals surface area (Å²) in [6.07, 6.45) is 3.44. The van der Waals surface area contributed by atoms with E-state index < -0.39 is 5.95 Å². The summed E-state index contributed by atoms with van der Waals surface area (Å²) in [5.41, 5.74) is 0. The molecule has 1 aliphatic heterocycles. The van der Waals surface area contributed by atoms with E-state index in [1.807, 2.05) is 0 Å². The summed E-state index contributed by atoms with van der Waals surface area (Å²) in [5, 5.41) is 3.29. The van der Waals surface area contributed by atoms with Crippen LogP contribution in [0, 0.1) is 5.95 Å². The fourth-order valence-electron chi connectivity index (χ4n) is 1.71. The lowest BCUT2D eigenvalue weighted by Gasteiger charge is -2.15. The average molecular weight is 210 g/mol. The molecule has 1 saturated heterocycles. The summed E-state index contributed by atoms with van der Waals surface area (Å²) >= 11 is 0. The Kier molecular flexibility index (Phi) is 3.50. The molecule has 0 aromatic carbocycles. The van der Waals surface area contributed by atoms with Crippen molar-refractivity contribution in [3.8, 4) is 5.88 Å². The van der Waals surface area contributed by atoms with Crippen LogP contribution in [0.5, 0.6) is 5.88 Å². The zero-order valence-electron chi connectivity index (χ0n) is 8.58. The molecule has 0 saturated carbocycles. The molecule has 1 fully saturated rings. The number of halogens is 1. The summed E-state index contributed by atoms with van der Waals surface area (Å²) in [6.45, 7) is 1.86. The summed E-state index contributed by atoms with van der Waals surface area (Å²) in [5.74, 6) is -0.113. The van der Waals surface area contributed by atoms with E-state index in [4.69, 9.17) is 4.74 Å².